The standard InChI is InChI=1S/C15H13ClFN3O/c16-12-7-10(3-5-13(12)17)19-14-6-4-11(8-18-14)20-15(21)9-1-2-9/h3-9H,1-2H2,(H,18,19)(H,20,21). The van der Waals surface area contributed by atoms with E-state index in [2.05, 4.69) is 15.6 Å². The minimum Gasteiger partial charge on any atom is -0.340 e. The van der Waals surface area contributed by atoms with E-state index in [1.807, 2.05) is 0 Å². The van der Waals surface area contributed by atoms with Crippen LogP contribution in [0.2, 0.25) is 5.02 Å². The minimum atomic E-state index is -0.465. The van der Waals surface area contributed by atoms with Crippen LogP contribution in [0.3, 0.4) is 0 Å². The van der Waals surface area contributed by atoms with Crippen LogP contribution in [0.25, 0.3) is 0 Å². The summed E-state index contributed by atoms with van der Waals surface area (Å²) in [5.74, 6) is 0.322. The van der Waals surface area contributed by atoms with Crippen LogP contribution in [0.5, 0.6) is 0 Å². The van der Waals surface area contributed by atoms with Gasteiger partial charge in [-0.15, -0.1) is 0 Å². The van der Waals surface area contributed by atoms with Crippen molar-refractivity contribution in [3.63, 3.8) is 0 Å². The first-order chi connectivity index (χ1) is 10.1. The predicted octanol–water partition coefficient (Wildman–Crippen LogP) is 3.97. The summed E-state index contributed by atoms with van der Waals surface area (Å²) in [6.45, 7) is 0. The van der Waals surface area contributed by atoms with Crippen LogP contribution in [0.4, 0.5) is 21.6 Å². The van der Waals surface area contributed by atoms with Crippen molar-refractivity contribution in [3.8, 4) is 0 Å². The van der Waals surface area contributed by atoms with Crippen molar-refractivity contribution < 1.29 is 9.18 Å². The second kappa shape index (κ2) is 5.69. The zero-order valence-corrected chi connectivity index (χ0v) is 11.8. The largest absolute Gasteiger partial charge is 0.340 e. The van der Waals surface area contributed by atoms with Crippen molar-refractivity contribution in [3.05, 3.63) is 47.4 Å². The van der Waals surface area contributed by atoms with Crippen LogP contribution in [-0.2, 0) is 4.79 Å². The Morgan fingerprint density at radius 1 is 1.24 bits per heavy atom. The topological polar surface area (TPSA) is 54.0 Å². The van der Waals surface area contributed by atoms with Crippen LogP contribution in [-0.4, -0.2) is 10.9 Å². The molecule has 108 valence electrons. The minimum absolute atomic E-state index is 0.0443. The van der Waals surface area contributed by atoms with E-state index in [4.69, 9.17) is 11.6 Å². The Kier molecular flexibility index (Phi) is 3.75. The first-order valence-electron chi connectivity index (χ1n) is 6.61. The van der Waals surface area contributed by atoms with Crippen molar-refractivity contribution in [2.24, 2.45) is 5.92 Å². The van der Waals surface area contributed by atoms with E-state index in [0.717, 1.165) is 12.8 Å². The maximum Gasteiger partial charge on any atom is 0.227 e. The average molecular weight is 306 g/mol. The van der Waals surface area contributed by atoms with Gasteiger partial charge in [-0.2, -0.15) is 0 Å². The van der Waals surface area contributed by atoms with E-state index in [9.17, 15) is 9.18 Å². The fraction of sp³-hybridized carbons (Fsp3) is 0.200. The highest BCUT2D eigenvalue weighted by molar-refractivity contribution is 6.31. The average Bonchev–Trinajstić information content (AvgIpc) is 3.30. The molecule has 1 aromatic heterocycles. The molecule has 0 atom stereocenters. The number of hydrogen-bond donors (Lipinski definition) is 2. The summed E-state index contributed by atoms with van der Waals surface area (Å²) >= 11 is 5.72. The van der Waals surface area contributed by atoms with Crippen LogP contribution in [0.1, 0.15) is 12.8 Å². The predicted molar refractivity (Wildman–Crippen MR) is 80.3 cm³/mol. The molecule has 1 fully saturated rings. The molecular weight excluding hydrogens is 293 g/mol. The SMILES string of the molecule is O=C(Nc1ccc(Nc2ccc(F)c(Cl)c2)nc1)C1CC1. The van der Waals surface area contributed by atoms with Crippen molar-refractivity contribution >= 4 is 34.7 Å². The molecular formula is C15H13ClFN3O. The number of carbonyl (C=O) groups excluding carboxylic acids is 1. The van der Waals surface area contributed by atoms with E-state index >= 15 is 0 Å². The number of amides is 1. The Labute approximate surface area is 126 Å². The molecule has 1 heterocycles. The third-order valence-electron chi connectivity index (χ3n) is 3.17. The van der Waals surface area contributed by atoms with Gasteiger partial charge in [0.25, 0.3) is 0 Å². The summed E-state index contributed by atoms with van der Waals surface area (Å²) < 4.78 is 13.1. The highest BCUT2D eigenvalue weighted by Gasteiger charge is 2.29. The number of anilines is 3. The lowest BCUT2D eigenvalue weighted by molar-refractivity contribution is -0.117. The van der Waals surface area contributed by atoms with E-state index in [1.165, 1.54) is 12.1 Å². The summed E-state index contributed by atoms with van der Waals surface area (Å²) in [6.07, 6.45) is 3.50. The molecule has 1 aromatic carbocycles. The van der Waals surface area contributed by atoms with Gasteiger partial charge in [-0.3, -0.25) is 4.79 Å². The second-order valence-corrected chi connectivity index (χ2v) is 5.36. The summed E-state index contributed by atoms with van der Waals surface area (Å²) in [4.78, 5) is 15.8. The van der Waals surface area contributed by atoms with Crippen molar-refractivity contribution in [1.29, 1.82) is 0 Å². The van der Waals surface area contributed by atoms with E-state index in [-0.39, 0.29) is 16.8 Å². The van der Waals surface area contributed by atoms with Gasteiger partial charge >= 0.3 is 0 Å². The normalized spacial score (nSPS) is 13.8. The summed E-state index contributed by atoms with van der Waals surface area (Å²) in [6, 6.07) is 7.85. The molecule has 2 aromatic rings. The Balaban J connectivity index is 1.65. The lowest BCUT2D eigenvalue weighted by atomic mass is 10.3. The van der Waals surface area contributed by atoms with Gasteiger partial charge in [0.2, 0.25) is 5.91 Å². The Morgan fingerprint density at radius 2 is 2.00 bits per heavy atom. The molecule has 4 nitrogen and oxygen atoms in total. The lowest BCUT2D eigenvalue weighted by Crippen LogP contribution is -2.13. The maximum absolute atomic E-state index is 13.1. The molecule has 1 aliphatic rings. The second-order valence-electron chi connectivity index (χ2n) is 4.95. The molecule has 1 aliphatic carbocycles. The van der Waals surface area contributed by atoms with Crippen LogP contribution in [0, 0.1) is 11.7 Å². The Bertz CT molecular complexity index is 671. The van der Waals surface area contributed by atoms with Crippen LogP contribution in [0.15, 0.2) is 36.5 Å². The number of nitrogens with one attached hydrogen (secondary N) is 2. The van der Waals surface area contributed by atoms with Gasteiger partial charge in [0.05, 0.1) is 16.9 Å². The van der Waals surface area contributed by atoms with Gasteiger partial charge in [0.1, 0.15) is 11.6 Å². The van der Waals surface area contributed by atoms with Crippen LogP contribution >= 0.6 is 11.6 Å². The van der Waals surface area contributed by atoms with Gasteiger partial charge in [-0.1, -0.05) is 11.6 Å². The molecule has 1 amide bonds. The number of halogens is 2. The van der Waals surface area contributed by atoms with Gasteiger partial charge in [0.15, 0.2) is 0 Å². The molecule has 0 bridgehead atoms. The molecule has 6 heteroatoms. The lowest BCUT2D eigenvalue weighted by Gasteiger charge is -2.08. The van der Waals surface area contributed by atoms with Crippen molar-refractivity contribution in [1.82, 2.24) is 4.98 Å². The number of pyridine rings is 1. The number of aromatic nitrogens is 1. The molecule has 2 N–H and O–H groups in total. The molecule has 0 saturated heterocycles. The maximum atomic E-state index is 13.1. The van der Waals surface area contributed by atoms with Crippen molar-refractivity contribution in [2.45, 2.75) is 12.8 Å². The third kappa shape index (κ3) is 3.49. The molecule has 0 spiro atoms. The quantitative estimate of drug-likeness (QED) is 0.898. The summed E-state index contributed by atoms with van der Waals surface area (Å²) in [5, 5.41) is 5.87. The first-order valence-corrected chi connectivity index (χ1v) is 6.98. The zero-order valence-electron chi connectivity index (χ0n) is 11.1. The Morgan fingerprint density at radius 3 is 2.62 bits per heavy atom. The van der Waals surface area contributed by atoms with E-state index in [0.29, 0.717) is 17.2 Å². The van der Waals surface area contributed by atoms with Gasteiger partial charge in [-0.25, -0.2) is 9.37 Å². The van der Waals surface area contributed by atoms with E-state index < -0.39 is 5.82 Å². The third-order valence-corrected chi connectivity index (χ3v) is 3.46. The highest BCUT2D eigenvalue weighted by Crippen LogP contribution is 2.30. The fourth-order valence-electron chi connectivity index (χ4n) is 1.85. The fourth-order valence-corrected chi connectivity index (χ4v) is 2.03. The molecule has 0 aliphatic heterocycles. The van der Waals surface area contributed by atoms with E-state index in [1.54, 1.807) is 24.4 Å². The monoisotopic (exact) mass is 305 g/mol. The molecule has 1 saturated carbocycles. The highest BCUT2D eigenvalue weighted by atomic mass is 35.5. The molecule has 0 unspecified atom stereocenters. The molecule has 21 heavy (non-hydrogen) atoms. The Hall–Kier alpha value is -2.14. The number of hydrogen-bond acceptors (Lipinski definition) is 3. The smallest absolute Gasteiger partial charge is 0.227 e. The molecule has 0 radical (unpaired) electrons. The van der Waals surface area contributed by atoms with Crippen LogP contribution < -0.4 is 10.6 Å². The molecule has 3 rings (SSSR count). The number of benzene rings is 1. The summed E-state index contributed by atoms with van der Waals surface area (Å²) in [7, 11) is 0. The number of carbonyl (C=O) groups is 1. The summed E-state index contributed by atoms with van der Waals surface area (Å²) in [5.41, 5.74) is 1.30. The van der Waals surface area contributed by atoms with Gasteiger partial charge < -0.3 is 10.6 Å². The number of rotatable bonds is 4. The van der Waals surface area contributed by atoms with Gasteiger partial charge in [-0.05, 0) is 43.2 Å². The van der Waals surface area contributed by atoms with Crippen molar-refractivity contribution in [2.75, 3.05) is 10.6 Å². The zero-order chi connectivity index (χ0) is 14.8. The van der Waals surface area contributed by atoms with Gasteiger partial charge in [0, 0.05) is 11.6 Å². The first kappa shape index (κ1) is 13.8. The number of nitrogens with zero attached hydrogens (tertiary/aromatic N) is 1.